The van der Waals surface area contributed by atoms with E-state index in [4.69, 9.17) is 9.47 Å². The first-order chi connectivity index (χ1) is 11.9. The van der Waals surface area contributed by atoms with Gasteiger partial charge in [0, 0.05) is 27.4 Å². The molecule has 1 aromatic heterocycles. The Morgan fingerprint density at radius 1 is 1.36 bits per heavy atom. The van der Waals surface area contributed by atoms with Crippen LogP contribution in [0.4, 0.5) is 0 Å². The minimum atomic E-state index is -0.416. The number of amides is 1. The molecular weight excluding hydrogens is 390 g/mol. The highest BCUT2D eigenvalue weighted by Gasteiger charge is 2.60. The lowest BCUT2D eigenvalue weighted by Crippen LogP contribution is -2.60. The van der Waals surface area contributed by atoms with E-state index in [1.54, 1.807) is 37.4 Å². The van der Waals surface area contributed by atoms with Crippen molar-refractivity contribution in [3.63, 3.8) is 0 Å². The third-order valence-corrected chi connectivity index (χ3v) is 5.42. The number of rotatable bonds is 6. The second-order valence-corrected chi connectivity index (χ2v) is 7.60. The van der Waals surface area contributed by atoms with Crippen LogP contribution >= 0.6 is 15.9 Å². The van der Waals surface area contributed by atoms with Gasteiger partial charge in [0.05, 0.1) is 16.6 Å². The zero-order chi connectivity index (χ0) is 18.4. The molecule has 2 aliphatic rings. The number of carbonyl (C=O) groups is 1. The number of ether oxygens (including phenoxy) is 2. The van der Waals surface area contributed by atoms with Crippen LogP contribution in [-0.2, 0) is 10.3 Å². The molecule has 0 bridgehead atoms. The molecule has 0 radical (unpaired) electrons. The van der Waals surface area contributed by atoms with Crippen molar-refractivity contribution < 1.29 is 14.3 Å². The highest BCUT2D eigenvalue weighted by atomic mass is 79.9. The largest absolute Gasteiger partial charge is 0.487 e. The Bertz CT molecular complexity index is 742. The molecular formula is C17H24BrN3O4. The summed E-state index contributed by atoms with van der Waals surface area (Å²) in [6.45, 7) is 2.46. The first-order valence-electron chi connectivity index (χ1n) is 8.51. The van der Waals surface area contributed by atoms with Gasteiger partial charge in [-0.25, -0.2) is 10.0 Å². The molecule has 7 nitrogen and oxygen atoms in total. The minimum absolute atomic E-state index is 0.125. The van der Waals surface area contributed by atoms with Crippen molar-refractivity contribution in [3.8, 4) is 5.75 Å². The van der Waals surface area contributed by atoms with Gasteiger partial charge in [-0.3, -0.25) is 9.59 Å². The van der Waals surface area contributed by atoms with Crippen LogP contribution in [0.2, 0.25) is 0 Å². The number of carbonyl (C=O) groups excluding carboxylic acids is 1. The van der Waals surface area contributed by atoms with Crippen LogP contribution in [0, 0.1) is 0 Å². The fourth-order valence-corrected chi connectivity index (χ4v) is 3.84. The van der Waals surface area contributed by atoms with Crippen LogP contribution < -0.4 is 10.2 Å². The number of nitrogens with zero attached hydrogens (tertiary/aromatic N) is 3. The highest BCUT2D eigenvalue weighted by molar-refractivity contribution is 9.10. The molecule has 138 valence electrons. The molecule has 3 rings (SSSR count). The summed E-state index contributed by atoms with van der Waals surface area (Å²) < 4.78 is 13.7. The molecule has 1 aliphatic carbocycles. The van der Waals surface area contributed by atoms with Gasteiger partial charge in [0.15, 0.2) is 17.7 Å². The summed E-state index contributed by atoms with van der Waals surface area (Å²) in [4.78, 5) is 25.8. The van der Waals surface area contributed by atoms with E-state index in [0.29, 0.717) is 16.8 Å². The van der Waals surface area contributed by atoms with Crippen LogP contribution in [0.5, 0.6) is 5.75 Å². The van der Waals surface area contributed by atoms with E-state index in [1.807, 2.05) is 11.5 Å². The van der Waals surface area contributed by atoms with Crippen molar-refractivity contribution in [2.24, 2.45) is 0 Å². The predicted molar refractivity (Wildman–Crippen MR) is 96.7 cm³/mol. The molecule has 1 aliphatic heterocycles. The Hall–Kier alpha value is -1.38. The maximum absolute atomic E-state index is 13.2. The van der Waals surface area contributed by atoms with Crippen LogP contribution in [-0.4, -0.2) is 54.5 Å². The first kappa shape index (κ1) is 18.4. The van der Waals surface area contributed by atoms with Gasteiger partial charge in [-0.15, -0.1) is 0 Å². The van der Waals surface area contributed by atoms with E-state index in [2.05, 4.69) is 15.9 Å². The second-order valence-electron chi connectivity index (χ2n) is 6.74. The Morgan fingerprint density at radius 2 is 2.04 bits per heavy atom. The number of aromatic nitrogens is 1. The summed E-state index contributed by atoms with van der Waals surface area (Å²) >= 11 is 3.33. The monoisotopic (exact) mass is 413 g/mol. The van der Waals surface area contributed by atoms with Gasteiger partial charge in [0.25, 0.3) is 5.91 Å². The lowest BCUT2D eigenvalue weighted by Gasteiger charge is -2.45. The highest BCUT2D eigenvalue weighted by Crippen LogP contribution is 2.53. The summed E-state index contributed by atoms with van der Waals surface area (Å²) in [7, 11) is 5.20. The van der Waals surface area contributed by atoms with E-state index >= 15 is 0 Å². The number of halogens is 1. The molecule has 1 spiro atoms. The molecule has 8 heteroatoms. The van der Waals surface area contributed by atoms with Crippen LogP contribution in [0.15, 0.2) is 15.5 Å². The Balaban J connectivity index is 2.19. The molecule has 2 heterocycles. The molecule has 0 saturated heterocycles. The van der Waals surface area contributed by atoms with Crippen LogP contribution in [0.1, 0.15) is 43.1 Å². The normalized spacial score (nSPS) is 21.0. The number of methoxy groups -OCH3 is 1. The van der Waals surface area contributed by atoms with Crippen molar-refractivity contribution >= 4 is 21.8 Å². The topological polar surface area (TPSA) is 64.0 Å². The number of fused-ring (bicyclic) bond motifs is 2. The minimum Gasteiger partial charge on any atom is -0.487 e. The van der Waals surface area contributed by atoms with E-state index < -0.39 is 6.23 Å². The van der Waals surface area contributed by atoms with E-state index in [1.165, 1.54) is 0 Å². The fraction of sp³-hybridized carbons (Fsp3) is 0.647. The molecule has 1 atom stereocenters. The lowest BCUT2D eigenvalue weighted by atomic mass is 10.1. The van der Waals surface area contributed by atoms with E-state index in [0.717, 1.165) is 25.7 Å². The number of hydrazine groups is 1. The molecule has 1 amide bonds. The number of pyridine rings is 1. The zero-order valence-electron chi connectivity index (χ0n) is 15.0. The Morgan fingerprint density at radius 3 is 2.56 bits per heavy atom. The van der Waals surface area contributed by atoms with Gasteiger partial charge >= 0.3 is 0 Å². The molecule has 1 saturated carbocycles. The summed E-state index contributed by atoms with van der Waals surface area (Å²) in [6, 6.07) is 0. The Kier molecular flexibility index (Phi) is 4.96. The summed E-state index contributed by atoms with van der Waals surface area (Å²) in [5, 5.41) is 3.28. The number of hydrogen-bond donors (Lipinski definition) is 0. The maximum Gasteiger partial charge on any atom is 0.291 e. The van der Waals surface area contributed by atoms with Crippen molar-refractivity contribution in [1.82, 2.24) is 14.6 Å². The third kappa shape index (κ3) is 2.80. The van der Waals surface area contributed by atoms with Crippen molar-refractivity contribution in [2.75, 3.05) is 27.8 Å². The SMILES string of the molecule is CCCCOc1c2n(cc(Br)c1=O)C1(CC1)C(OC)N(N(C)C)C2=O. The van der Waals surface area contributed by atoms with Gasteiger partial charge in [0.2, 0.25) is 5.43 Å². The first-order valence-corrected chi connectivity index (χ1v) is 9.30. The molecule has 0 N–H and O–H groups in total. The van der Waals surface area contributed by atoms with Crippen molar-refractivity contribution in [1.29, 1.82) is 0 Å². The van der Waals surface area contributed by atoms with Gasteiger partial charge < -0.3 is 14.0 Å². The molecule has 25 heavy (non-hydrogen) atoms. The fourth-order valence-electron chi connectivity index (χ4n) is 3.45. The average molecular weight is 414 g/mol. The standard InChI is InChI=1S/C17H24BrN3O4/c1-5-6-9-25-14-12-15(23)21(19(2)3)16(24-4)17(7-8-17)20(12)10-11(18)13(14)22/h10,16H,5-9H2,1-4H3. The van der Waals surface area contributed by atoms with Crippen molar-refractivity contribution in [3.05, 3.63) is 26.6 Å². The third-order valence-electron chi connectivity index (χ3n) is 4.85. The van der Waals surface area contributed by atoms with E-state index in [9.17, 15) is 9.59 Å². The van der Waals surface area contributed by atoms with Gasteiger partial charge in [-0.2, -0.15) is 0 Å². The van der Waals surface area contributed by atoms with Crippen LogP contribution in [0.25, 0.3) is 0 Å². The quantitative estimate of drug-likeness (QED) is 0.668. The van der Waals surface area contributed by atoms with Gasteiger partial charge in [-0.05, 0) is 35.2 Å². The number of unbranched alkanes of at least 4 members (excludes halogenated alkanes) is 1. The van der Waals surface area contributed by atoms with E-state index in [-0.39, 0.29) is 22.6 Å². The lowest BCUT2D eigenvalue weighted by molar-refractivity contribution is -0.142. The molecule has 1 fully saturated rings. The summed E-state index contributed by atoms with van der Waals surface area (Å²) in [6.07, 6.45) is 4.81. The smallest absolute Gasteiger partial charge is 0.291 e. The number of hydrogen-bond acceptors (Lipinski definition) is 5. The molecule has 1 aromatic rings. The summed E-state index contributed by atoms with van der Waals surface area (Å²) in [5.74, 6) is -0.161. The second kappa shape index (κ2) is 6.74. The summed E-state index contributed by atoms with van der Waals surface area (Å²) in [5.41, 5.74) is -0.341. The predicted octanol–water partition coefficient (Wildman–Crippen LogP) is 2.18. The van der Waals surface area contributed by atoms with Gasteiger partial charge in [-0.1, -0.05) is 13.3 Å². The molecule has 0 aromatic carbocycles. The molecule has 1 unspecified atom stereocenters. The zero-order valence-corrected chi connectivity index (χ0v) is 16.6. The Labute approximate surface area is 155 Å². The van der Waals surface area contributed by atoms with Crippen LogP contribution in [0.3, 0.4) is 0 Å². The average Bonchev–Trinajstić information content (AvgIpc) is 3.35. The van der Waals surface area contributed by atoms with Crippen molar-refractivity contribution in [2.45, 2.75) is 44.4 Å². The maximum atomic E-state index is 13.2. The van der Waals surface area contributed by atoms with Gasteiger partial charge in [0.1, 0.15) is 0 Å².